The van der Waals surface area contributed by atoms with Crippen LogP contribution in [0.2, 0.25) is 0 Å². The first-order valence-electron chi connectivity index (χ1n) is 11.7. The largest absolute Gasteiger partial charge is 0.494 e. The van der Waals surface area contributed by atoms with E-state index in [1.807, 2.05) is 42.2 Å². The van der Waals surface area contributed by atoms with Gasteiger partial charge in [0.05, 0.1) is 31.1 Å². The van der Waals surface area contributed by atoms with Crippen LogP contribution in [0.4, 0.5) is 4.39 Å². The highest BCUT2D eigenvalue weighted by atomic mass is 19.1. The number of ether oxygens (including phenoxy) is 4. The number of carbonyl (C=O) groups excluding carboxylic acids is 1. The zero-order valence-corrected chi connectivity index (χ0v) is 19.7. The molecule has 0 radical (unpaired) electrons. The van der Waals surface area contributed by atoms with Crippen molar-refractivity contribution in [2.24, 2.45) is 0 Å². The van der Waals surface area contributed by atoms with E-state index in [0.717, 1.165) is 22.7 Å². The summed E-state index contributed by atoms with van der Waals surface area (Å²) < 4.78 is 37.8. The highest BCUT2D eigenvalue weighted by Gasteiger charge is 2.38. The van der Waals surface area contributed by atoms with Gasteiger partial charge in [-0.05, 0) is 36.2 Å². The Morgan fingerprint density at radius 2 is 1.89 bits per heavy atom. The van der Waals surface area contributed by atoms with Crippen LogP contribution >= 0.6 is 0 Å². The fraction of sp³-hybridized carbons (Fsp3) is 0.346. The number of H-pyrrole nitrogens is 1. The van der Waals surface area contributed by atoms with Crippen LogP contribution in [-0.4, -0.2) is 40.9 Å². The van der Waals surface area contributed by atoms with Gasteiger partial charge in [-0.2, -0.15) is 4.39 Å². The lowest BCUT2D eigenvalue weighted by atomic mass is 10.1. The molecule has 0 saturated carbocycles. The van der Waals surface area contributed by atoms with Gasteiger partial charge in [-0.1, -0.05) is 37.3 Å². The summed E-state index contributed by atoms with van der Waals surface area (Å²) in [6.07, 6.45) is -0.340. The summed E-state index contributed by atoms with van der Waals surface area (Å²) in [7, 11) is 0. The van der Waals surface area contributed by atoms with Gasteiger partial charge < -0.3 is 18.9 Å². The molecule has 0 amide bonds. The summed E-state index contributed by atoms with van der Waals surface area (Å²) in [6.45, 7) is 2.70. The predicted molar refractivity (Wildman–Crippen MR) is 127 cm³/mol. The van der Waals surface area contributed by atoms with E-state index in [-0.39, 0.29) is 19.6 Å². The lowest BCUT2D eigenvalue weighted by molar-refractivity contribution is -0.0709. The van der Waals surface area contributed by atoms with Crippen LogP contribution in [0.5, 0.6) is 5.75 Å². The fourth-order valence-corrected chi connectivity index (χ4v) is 3.80. The standard InChI is InChI=1S/C26H27FN2O7/c1-2-12-33-19-10-8-18(9-11-19)25(31)35-16-22-21(34-15-17-6-4-3-5-7-17)13-23(36-22)29-14-20(27)24(30)28-26(29)32/h3-11,14,21-23H,2,12-13,15-16H2,1H3,(H,28,30,32)/t21-,22+,23+/m0/s1. The molecule has 1 aliphatic rings. The number of esters is 1. The molecule has 0 bridgehead atoms. The van der Waals surface area contributed by atoms with Gasteiger partial charge in [0.25, 0.3) is 5.56 Å². The van der Waals surface area contributed by atoms with E-state index < -0.39 is 41.5 Å². The van der Waals surface area contributed by atoms with Crippen molar-refractivity contribution >= 4 is 5.97 Å². The molecule has 0 aliphatic carbocycles. The van der Waals surface area contributed by atoms with Crippen LogP contribution in [0.1, 0.15) is 41.9 Å². The number of carbonyl (C=O) groups is 1. The first kappa shape index (κ1) is 25.3. The Balaban J connectivity index is 1.44. The third-order valence-corrected chi connectivity index (χ3v) is 5.66. The molecule has 1 aliphatic heterocycles. The molecule has 1 aromatic heterocycles. The predicted octanol–water partition coefficient (Wildman–Crippen LogP) is 3.19. The normalized spacial score (nSPS) is 19.2. The van der Waals surface area contributed by atoms with Crippen LogP contribution < -0.4 is 16.0 Å². The maximum absolute atomic E-state index is 13.8. The summed E-state index contributed by atoms with van der Waals surface area (Å²) >= 11 is 0. The first-order chi connectivity index (χ1) is 17.4. The maximum Gasteiger partial charge on any atom is 0.338 e. The summed E-state index contributed by atoms with van der Waals surface area (Å²) in [5.74, 6) is -1.01. The molecule has 3 aromatic rings. The number of halogens is 1. The summed E-state index contributed by atoms with van der Waals surface area (Å²) in [5.41, 5.74) is -0.651. The number of aromatic nitrogens is 2. The van der Waals surface area contributed by atoms with E-state index in [4.69, 9.17) is 18.9 Å². The quantitative estimate of drug-likeness (QED) is 0.428. The molecular formula is C26H27FN2O7. The van der Waals surface area contributed by atoms with Gasteiger partial charge in [0.1, 0.15) is 24.7 Å². The molecular weight excluding hydrogens is 471 g/mol. The van der Waals surface area contributed by atoms with E-state index in [1.54, 1.807) is 24.3 Å². The van der Waals surface area contributed by atoms with Crippen molar-refractivity contribution in [1.29, 1.82) is 0 Å². The lowest BCUT2D eigenvalue weighted by Gasteiger charge is -2.19. The summed E-state index contributed by atoms with van der Waals surface area (Å²) in [6, 6.07) is 16.1. The average Bonchev–Trinajstić information content (AvgIpc) is 3.30. The maximum atomic E-state index is 13.8. The Kier molecular flexibility index (Phi) is 8.29. The molecule has 1 fully saturated rings. The monoisotopic (exact) mass is 498 g/mol. The second-order valence-corrected chi connectivity index (χ2v) is 8.31. The van der Waals surface area contributed by atoms with E-state index in [0.29, 0.717) is 17.9 Å². The Hall–Kier alpha value is -3.76. The van der Waals surface area contributed by atoms with Gasteiger partial charge >= 0.3 is 11.7 Å². The third-order valence-electron chi connectivity index (χ3n) is 5.66. The molecule has 36 heavy (non-hydrogen) atoms. The summed E-state index contributed by atoms with van der Waals surface area (Å²) in [5, 5.41) is 0. The number of aromatic amines is 1. The number of nitrogens with one attached hydrogen (secondary N) is 1. The number of rotatable bonds is 10. The van der Waals surface area contributed by atoms with Gasteiger partial charge in [-0.3, -0.25) is 14.3 Å². The molecule has 1 saturated heterocycles. The lowest BCUT2D eigenvalue weighted by Crippen LogP contribution is -2.34. The van der Waals surface area contributed by atoms with E-state index in [2.05, 4.69) is 0 Å². The van der Waals surface area contributed by atoms with Crippen molar-refractivity contribution in [1.82, 2.24) is 9.55 Å². The number of benzene rings is 2. The van der Waals surface area contributed by atoms with Crippen LogP contribution in [0, 0.1) is 5.82 Å². The van der Waals surface area contributed by atoms with E-state index >= 15 is 0 Å². The molecule has 190 valence electrons. The summed E-state index contributed by atoms with van der Waals surface area (Å²) in [4.78, 5) is 38.2. The van der Waals surface area contributed by atoms with Gasteiger partial charge in [0, 0.05) is 6.42 Å². The molecule has 4 rings (SSSR count). The molecule has 1 N–H and O–H groups in total. The van der Waals surface area contributed by atoms with Gasteiger partial charge in [0.15, 0.2) is 0 Å². The minimum Gasteiger partial charge on any atom is -0.494 e. The molecule has 0 spiro atoms. The van der Waals surface area contributed by atoms with Crippen molar-refractivity contribution in [3.05, 3.63) is 98.6 Å². The Labute approximate surface area is 206 Å². The third kappa shape index (κ3) is 6.27. The molecule has 0 unspecified atom stereocenters. The molecule has 10 heteroatoms. The molecule has 9 nitrogen and oxygen atoms in total. The van der Waals surface area contributed by atoms with Gasteiger partial charge in [0.2, 0.25) is 5.82 Å². The zero-order chi connectivity index (χ0) is 25.5. The first-order valence-corrected chi connectivity index (χ1v) is 11.7. The van der Waals surface area contributed by atoms with Crippen LogP contribution in [0.15, 0.2) is 70.4 Å². The molecule has 2 aromatic carbocycles. The van der Waals surface area contributed by atoms with Crippen LogP contribution in [0.25, 0.3) is 0 Å². The second kappa shape index (κ2) is 11.8. The minimum atomic E-state index is -1.11. The minimum absolute atomic E-state index is 0.149. The van der Waals surface area contributed by atoms with E-state index in [9.17, 15) is 18.8 Å². The fourth-order valence-electron chi connectivity index (χ4n) is 3.80. The molecule has 2 heterocycles. The smallest absolute Gasteiger partial charge is 0.338 e. The second-order valence-electron chi connectivity index (χ2n) is 8.31. The highest BCUT2D eigenvalue weighted by Crippen LogP contribution is 2.31. The number of nitrogens with zero attached hydrogens (tertiary/aromatic N) is 1. The van der Waals surface area contributed by atoms with Gasteiger partial charge in [-0.15, -0.1) is 0 Å². The topological polar surface area (TPSA) is 109 Å². The van der Waals surface area contributed by atoms with Crippen molar-refractivity contribution in [3.63, 3.8) is 0 Å². The van der Waals surface area contributed by atoms with Crippen molar-refractivity contribution in [2.45, 2.75) is 44.8 Å². The number of hydrogen-bond donors (Lipinski definition) is 1. The SMILES string of the molecule is CCCOc1ccc(C(=O)OC[C@H]2O[C@@H](n3cc(F)c(=O)[nH]c3=O)C[C@@H]2OCc2ccccc2)cc1. The van der Waals surface area contributed by atoms with Crippen LogP contribution in [-0.2, 0) is 20.8 Å². The highest BCUT2D eigenvalue weighted by molar-refractivity contribution is 5.89. The Morgan fingerprint density at radius 1 is 1.14 bits per heavy atom. The van der Waals surface area contributed by atoms with Crippen LogP contribution in [0.3, 0.4) is 0 Å². The molecule has 3 atom stereocenters. The van der Waals surface area contributed by atoms with Crippen molar-refractivity contribution in [3.8, 4) is 5.75 Å². The average molecular weight is 499 g/mol. The van der Waals surface area contributed by atoms with Gasteiger partial charge in [-0.25, -0.2) is 9.59 Å². The number of hydrogen-bond acceptors (Lipinski definition) is 7. The Morgan fingerprint density at radius 3 is 2.61 bits per heavy atom. The van der Waals surface area contributed by atoms with Crippen molar-refractivity contribution in [2.75, 3.05) is 13.2 Å². The van der Waals surface area contributed by atoms with E-state index in [1.165, 1.54) is 0 Å². The zero-order valence-electron chi connectivity index (χ0n) is 19.7. The van der Waals surface area contributed by atoms with Crippen molar-refractivity contribution < 1.29 is 28.1 Å². The Bertz CT molecular complexity index is 1270.